The molecule has 0 unspecified atom stereocenters. The van der Waals surface area contributed by atoms with Crippen LogP contribution in [0, 0.1) is 0 Å². The lowest BCUT2D eigenvalue weighted by Crippen LogP contribution is -2.53. The molecule has 1 aliphatic rings. The Hall–Kier alpha value is -3.61. The van der Waals surface area contributed by atoms with Gasteiger partial charge in [-0.3, -0.25) is 9.59 Å². The number of carbonyl (C=O) groups is 1. The maximum absolute atomic E-state index is 12.6. The van der Waals surface area contributed by atoms with E-state index in [0.717, 1.165) is 5.69 Å². The molecule has 1 N–H and O–H groups in total. The molecule has 3 aromatic carbocycles. The highest BCUT2D eigenvalue weighted by molar-refractivity contribution is 5.88. The van der Waals surface area contributed by atoms with Gasteiger partial charge in [0.1, 0.15) is 17.4 Å². The van der Waals surface area contributed by atoms with Crippen LogP contribution >= 0.6 is 0 Å². The summed E-state index contributed by atoms with van der Waals surface area (Å²) in [5, 5.41) is 9.61. The zero-order valence-corrected chi connectivity index (χ0v) is 16.7. The quantitative estimate of drug-likeness (QED) is 0.630. The van der Waals surface area contributed by atoms with Gasteiger partial charge in [0, 0.05) is 37.6 Å². The number of rotatable bonds is 6. The van der Waals surface area contributed by atoms with Crippen molar-refractivity contribution in [1.82, 2.24) is 0 Å². The summed E-state index contributed by atoms with van der Waals surface area (Å²) in [5.41, 5.74) is 1.01. The van der Waals surface area contributed by atoms with Crippen molar-refractivity contribution in [1.29, 1.82) is 0 Å². The van der Waals surface area contributed by atoms with E-state index in [2.05, 4.69) is 4.90 Å². The Labute approximate surface area is 174 Å². The minimum atomic E-state index is -1.06. The summed E-state index contributed by atoms with van der Waals surface area (Å²) in [6, 6.07) is 17.9. The molecule has 1 heterocycles. The topological polar surface area (TPSA) is 81.2 Å². The van der Waals surface area contributed by atoms with E-state index in [4.69, 9.17) is 0 Å². The van der Waals surface area contributed by atoms with Crippen LogP contribution in [0.2, 0.25) is 0 Å². The molecular weight excluding hydrogens is 382 g/mol. The molecule has 0 bridgehead atoms. The molecule has 3 aromatic rings. The van der Waals surface area contributed by atoms with Crippen LogP contribution in [0.15, 0.2) is 70.3 Å². The molecule has 0 aliphatic carbocycles. The summed E-state index contributed by atoms with van der Waals surface area (Å²) < 4.78 is 0. The predicted octanol–water partition coefficient (Wildman–Crippen LogP) is 2.22. The predicted molar refractivity (Wildman–Crippen MR) is 118 cm³/mol. The van der Waals surface area contributed by atoms with E-state index in [1.807, 2.05) is 41.3 Å². The van der Waals surface area contributed by atoms with Crippen molar-refractivity contribution >= 4 is 28.7 Å². The van der Waals surface area contributed by atoms with Gasteiger partial charge in [0.15, 0.2) is 0 Å². The maximum Gasteiger partial charge on any atom is 0.326 e. The van der Waals surface area contributed by atoms with Gasteiger partial charge in [-0.2, -0.15) is 0 Å². The van der Waals surface area contributed by atoms with E-state index in [0.29, 0.717) is 37.6 Å². The highest BCUT2D eigenvalue weighted by atomic mass is 16.4. The zero-order chi connectivity index (χ0) is 21.3. The van der Waals surface area contributed by atoms with Crippen molar-refractivity contribution in [2.45, 2.75) is 13.0 Å². The summed E-state index contributed by atoms with van der Waals surface area (Å²) in [6.07, 6.45) is 0. The molecule has 154 valence electrons. The van der Waals surface area contributed by atoms with Crippen LogP contribution in [0.5, 0.6) is 0 Å². The Morgan fingerprint density at radius 1 is 0.867 bits per heavy atom. The summed E-state index contributed by atoms with van der Waals surface area (Å²) >= 11 is 0. The maximum atomic E-state index is 12.6. The average Bonchev–Trinajstić information content (AvgIpc) is 2.79. The van der Waals surface area contributed by atoms with Crippen molar-refractivity contribution in [3.05, 3.63) is 81.1 Å². The lowest BCUT2D eigenvalue weighted by molar-refractivity contribution is -0.138. The summed E-state index contributed by atoms with van der Waals surface area (Å²) in [7, 11) is 0. The van der Waals surface area contributed by atoms with Crippen LogP contribution < -0.4 is 25.6 Å². The van der Waals surface area contributed by atoms with Gasteiger partial charge in [0.2, 0.25) is 0 Å². The number of carboxylic acids is 1. The standard InChI is InChI=1S/C23H23N3O4/c1-16(23(29)30)26(18-10-6-3-7-11-18)20-19(21(27)22(20)28)25-14-12-24(13-15-25)17-8-4-2-5-9-17/h2-11,16H,12-15H2,1H3,(H,29,30)/t16-/m0/s1. The number of aliphatic carboxylic acids is 1. The second-order valence-electron chi connectivity index (χ2n) is 7.38. The van der Waals surface area contributed by atoms with Crippen LogP contribution in [0.25, 0.3) is 0 Å². The van der Waals surface area contributed by atoms with E-state index < -0.39 is 22.9 Å². The fourth-order valence-corrected chi connectivity index (χ4v) is 3.96. The van der Waals surface area contributed by atoms with Crippen LogP contribution in [-0.4, -0.2) is 43.3 Å². The minimum absolute atomic E-state index is 0.175. The Morgan fingerprint density at radius 3 is 1.97 bits per heavy atom. The molecule has 1 saturated heterocycles. The number of piperazine rings is 1. The van der Waals surface area contributed by atoms with Gasteiger partial charge < -0.3 is 19.8 Å². The fraction of sp³-hybridized carbons (Fsp3) is 0.261. The van der Waals surface area contributed by atoms with E-state index in [9.17, 15) is 19.5 Å². The van der Waals surface area contributed by atoms with E-state index in [1.165, 1.54) is 11.8 Å². The summed E-state index contributed by atoms with van der Waals surface area (Å²) in [4.78, 5) is 42.4. The monoisotopic (exact) mass is 405 g/mol. The third-order valence-corrected chi connectivity index (χ3v) is 5.60. The molecule has 1 aliphatic heterocycles. The molecule has 7 heteroatoms. The zero-order valence-electron chi connectivity index (χ0n) is 16.7. The fourth-order valence-electron chi connectivity index (χ4n) is 3.96. The number of carboxylic acid groups (broad SMARTS) is 1. The third kappa shape index (κ3) is 3.43. The lowest BCUT2D eigenvalue weighted by atomic mass is 10.1. The molecule has 7 nitrogen and oxygen atoms in total. The number of hydrogen-bond donors (Lipinski definition) is 1. The Morgan fingerprint density at radius 2 is 1.40 bits per heavy atom. The minimum Gasteiger partial charge on any atom is -0.480 e. The van der Waals surface area contributed by atoms with Gasteiger partial charge in [-0.15, -0.1) is 0 Å². The van der Waals surface area contributed by atoms with Crippen LogP contribution in [-0.2, 0) is 4.79 Å². The van der Waals surface area contributed by atoms with E-state index in [-0.39, 0.29) is 5.69 Å². The first-order valence-corrected chi connectivity index (χ1v) is 9.94. The van der Waals surface area contributed by atoms with Gasteiger partial charge in [-0.1, -0.05) is 36.4 Å². The summed E-state index contributed by atoms with van der Waals surface area (Å²) in [6.45, 7) is 4.10. The van der Waals surface area contributed by atoms with Gasteiger partial charge in [0.25, 0.3) is 10.9 Å². The van der Waals surface area contributed by atoms with Gasteiger partial charge in [-0.05, 0) is 31.2 Å². The molecule has 30 heavy (non-hydrogen) atoms. The second-order valence-corrected chi connectivity index (χ2v) is 7.38. The number of anilines is 4. The van der Waals surface area contributed by atoms with E-state index in [1.54, 1.807) is 24.3 Å². The van der Waals surface area contributed by atoms with Gasteiger partial charge in [-0.25, -0.2) is 4.79 Å². The molecular formula is C23H23N3O4. The SMILES string of the molecule is C[C@@H](C(=O)O)N(c1ccccc1)c1c(N2CCN(c3ccccc3)CC2)c(=O)c1=O. The number of hydrogen-bond acceptors (Lipinski definition) is 6. The van der Waals surface area contributed by atoms with Crippen molar-refractivity contribution in [2.75, 3.05) is 40.9 Å². The van der Waals surface area contributed by atoms with Crippen LogP contribution in [0.3, 0.4) is 0 Å². The first-order chi connectivity index (χ1) is 14.5. The van der Waals surface area contributed by atoms with Crippen molar-refractivity contribution in [2.24, 2.45) is 0 Å². The van der Waals surface area contributed by atoms with Crippen molar-refractivity contribution in [3.63, 3.8) is 0 Å². The number of benzene rings is 2. The smallest absolute Gasteiger partial charge is 0.326 e. The first-order valence-electron chi connectivity index (χ1n) is 9.94. The number of para-hydroxylation sites is 2. The molecule has 0 amide bonds. The normalized spacial score (nSPS) is 15.2. The largest absolute Gasteiger partial charge is 0.480 e. The second kappa shape index (κ2) is 8.02. The Kier molecular flexibility index (Phi) is 5.27. The van der Waals surface area contributed by atoms with Gasteiger partial charge >= 0.3 is 5.97 Å². The van der Waals surface area contributed by atoms with Crippen molar-refractivity contribution < 1.29 is 9.90 Å². The number of nitrogens with zero attached hydrogens (tertiary/aromatic N) is 3. The van der Waals surface area contributed by atoms with E-state index >= 15 is 0 Å². The Balaban J connectivity index is 1.64. The molecule has 0 radical (unpaired) electrons. The summed E-state index contributed by atoms with van der Waals surface area (Å²) in [5.74, 6) is -1.06. The van der Waals surface area contributed by atoms with Crippen LogP contribution in [0.1, 0.15) is 6.92 Å². The van der Waals surface area contributed by atoms with Gasteiger partial charge in [0.05, 0.1) is 0 Å². The third-order valence-electron chi connectivity index (χ3n) is 5.60. The molecule has 0 aromatic heterocycles. The Bertz CT molecular complexity index is 1100. The molecule has 1 fully saturated rings. The average molecular weight is 405 g/mol. The molecule has 1 atom stereocenters. The molecule has 0 saturated carbocycles. The highest BCUT2D eigenvalue weighted by Crippen LogP contribution is 2.33. The molecule has 4 rings (SSSR count). The molecule has 0 spiro atoms. The van der Waals surface area contributed by atoms with Crippen molar-refractivity contribution in [3.8, 4) is 0 Å². The van der Waals surface area contributed by atoms with Crippen LogP contribution in [0.4, 0.5) is 22.7 Å². The highest BCUT2D eigenvalue weighted by Gasteiger charge is 2.36. The first kappa shape index (κ1) is 19.7. The lowest BCUT2D eigenvalue weighted by Gasteiger charge is -2.40.